The molecule has 1 amide bonds. The summed E-state index contributed by atoms with van der Waals surface area (Å²) in [4.78, 5) is 22.5. The van der Waals surface area contributed by atoms with Gasteiger partial charge in [-0.1, -0.05) is 54.5 Å². The Balaban J connectivity index is 2.13. The first-order valence-corrected chi connectivity index (χ1v) is 7.93. The molecule has 0 aromatic heterocycles. The highest BCUT2D eigenvalue weighted by Gasteiger charge is 1.99. The molecule has 0 unspecified atom stereocenters. The zero-order valence-corrected chi connectivity index (χ0v) is 13.6. The number of hydrogen-bond donors (Lipinski definition) is 2. The topological polar surface area (TPSA) is 66.4 Å². The Morgan fingerprint density at radius 2 is 1.83 bits per heavy atom. The number of benzene rings is 1. The maximum atomic E-state index is 11.6. The summed E-state index contributed by atoms with van der Waals surface area (Å²) in [5, 5.41) is 11.4. The van der Waals surface area contributed by atoms with E-state index in [1.165, 1.54) is 11.6 Å². The monoisotopic (exact) mass is 315 g/mol. The van der Waals surface area contributed by atoms with Crippen LogP contribution in [-0.4, -0.2) is 29.9 Å². The molecule has 0 aliphatic carbocycles. The summed E-state index contributed by atoms with van der Waals surface area (Å²) < 4.78 is 0. The van der Waals surface area contributed by atoms with Gasteiger partial charge in [-0.2, -0.15) is 0 Å². The summed E-state index contributed by atoms with van der Waals surface area (Å²) in [6.07, 6.45) is 9.86. The van der Waals surface area contributed by atoms with Gasteiger partial charge in [-0.15, -0.1) is 0 Å². The number of ketones is 1. The quantitative estimate of drug-likeness (QED) is 0.396. The minimum Gasteiger partial charge on any atom is -0.389 e. The second kappa shape index (κ2) is 11.4. The molecule has 0 saturated carbocycles. The molecule has 0 aliphatic rings. The van der Waals surface area contributed by atoms with Crippen LogP contribution in [0, 0.1) is 6.92 Å². The van der Waals surface area contributed by atoms with E-state index in [1.807, 2.05) is 43.3 Å². The van der Waals surface area contributed by atoms with Crippen molar-refractivity contribution in [1.82, 2.24) is 5.32 Å². The number of hydrogen-bond acceptors (Lipinski definition) is 3. The first-order valence-electron chi connectivity index (χ1n) is 7.93. The average Bonchev–Trinajstić information content (AvgIpc) is 2.56. The second-order valence-electron chi connectivity index (χ2n) is 5.43. The maximum absolute atomic E-state index is 11.6. The van der Waals surface area contributed by atoms with Crippen LogP contribution in [0.5, 0.6) is 0 Å². The highest BCUT2D eigenvalue weighted by Crippen LogP contribution is 2.04. The lowest BCUT2D eigenvalue weighted by molar-refractivity contribution is -0.122. The number of aliphatic hydroxyl groups is 1. The molecule has 0 atom stereocenters. The van der Waals surface area contributed by atoms with Crippen LogP contribution in [0.15, 0.2) is 42.5 Å². The fraction of sp³-hybridized carbons (Fsp3) is 0.368. The van der Waals surface area contributed by atoms with Crippen molar-refractivity contribution < 1.29 is 14.7 Å². The van der Waals surface area contributed by atoms with E-state index >= 15 is 0 Å². The number of rotatable bonds is 10. The molecular formula is C19H25NO3. The van der Waals surface area contributed by atoms with Gasteiger partial charge in [0, 0.05) is 19.0 Å². The van der Waals surface area contributed by atoms with E-state index in [-0.39, 0.29) is 18.3 Å². The summed E-state index contributed by atoms with van der Waals surface area (Å²) in [7, 11) is 0. The van der Waals surface area contributed by atoms with Crippen molar-refractivity contribution in [3.05, 3.63) is 53.6 Å². The van der Waals surface area contributed by atoms with Gasteiger partial charge in [-0.3, -0.25) is 9.59 Å². The highest BCUT2D eigenvalue weighted by atomic mass is 16.3. The SMILES string of the molecule is Cc1ccc(/C=C/C=C/C(=O)NCCCCCC(=O)CO)cc1. The Labute approximate surface area is 137 Å². The zero-order chi connectivity index (χ0) is 16.9. The summed E-state index contributed by atoms with van der Waals surface area (Å²) in [6, 6.07) is 8.15. The Kier molecular flexibility index (Phi) is 9.32. The van der Waals surface area contributed by atoms with Gasteiger partial charge in [0.25, 0.3) is 0 Å². The smallest absolute Gasteiger partial charge is 0.243 e. The third-order valence-electron chi connectivity index (χ3n) is 3.33. The van der Waals surface area contributed by atoms with E-state index in [0.717, 1.165) is 24.8 Å². The number of amides is 1. The molecule has 2 N–H and O–H groups in total. The molecule has 0 spiro atoms. The number of carbonyl (C=O) groups excluding carboxylic acids is 2. The lowest BCUT2D eigenvalue weighted by Gasteiger charge is -2.01. The summed E-state index contributed by atoms with van der Waals surface area (Å²) in [5.41, 5.74) is 2.32. The Morgan fingerprint density at radius 3 is 2.52 bits per heavy atom. The number of aryl methyl sites for hydroxylation is 1. The van der Waals surface area contributed by atoms with Crippen molar-refractivity contribution in [3.63, 3.8) is 0 Å². The van der Waals surface area contributed by atoms with E-state index < -0.39 is 0 Å². The number of Topliss-reactive ketones (excluding diaryl/α,β-unsaturated/α-hetero) is 1. The standard InChI is InChI=1S/C19H25NO3/c1-16-10-12-17(13-11-16)7-4-5-9-19(23)20-14-6-2-3-8-18(22)15-21/h4-5,7,9-13,21H,2-3,6,8,14-15H2,1H3,(H,20,23)/b7-4+,9-5+. The lowest BCUT2D eigenvalue weighted by Crippen LogP contribution is -2.22. The van der Waals surface area contributed by atoms with Gasteiger partial charge in [0.2, 0.25) is 5.91 Å². The van der Waals surface area contributed by atoms with Crippen LogP contribution in [0.25, 0.3) is 6.08 Å². The van der Waals surface area contributed by atoms with Crippen LogP contribution in [-0.2, 0) is 9.59 Å². The van der Waals surface area contributed by atoms with Gasteiger partial charge in [0.05, 0.1) is 0 Å². The molecule has 23 heavy (non-hydrogen) atoms. The van der Waals surface area contributed by atoms with Crippen molar-refractivity contribution in [3.8, 4) is 0 Å². The minimum absolute atomic E-state index is 0.120. The van der Waals surface area contributed by atoms with Crippen LogP contribution in [0.4, 0.5) is 0 Å². The molecule has 0 fully saturated rings. The lowest BCUT2D eigenvalue weighted by atomic mass is 10.1. The number of carbonyl (C=O) groups is 2. The molecule has 1 rings (SSSR count). The normalized spacial score (nSPS) is 11.2. The van der Waals surface area contributed by atoms with Gasteiger partial charge in [0.1, 0.15) is 6.61 Å². The van der Waals surface area contributed by atoms with Gasteiger partial charge >= 0.3 is 0 Å². The Morgan fingerprint density at radius 1 is 1.09 bits per heavy atom. The molecular weight excluding hydrogens is 290 g/mol. The fourth-order valence-corrected chi connectivity index (χ4v) is 1.96. The summed E-state index contributed by atoms with van der Waals surface area (Å²) >= 11 is 0. The van der Waals surface area contributed by atoms with Crippen LogP contribution in [0.1, 0.15) is 36.8 Å². The molecule has 4 nitrogen and oxygen atoms in total. The van der Waals surface area contributed by atoms with Crippen molar-refractivity contribution in [2.45, 2.75) is 32.6 Å². The van der Waals surface area contributed by atoms with E-state index in [0.29, 0.717) is 13.0 Å². The molecule has 0 radical (unpaired) electrons. The van der Waals surface area contributed by atoms with Crippen molar-refractivity contribution in [2.75, 3.05) is 13.2 Å². The van der Waals surface area contributed by atoms with Crippen LogP contribution >= 0.6 is 0 Å². The number of aliphatic hydroxyl groups excluding tert-OH is 1. The number of allylic oxidation sites excluding steroid dienone is 2. The fourth-order valence-electron chi connectivity index (χ4n) is 1.96. The molecule has 0 saturated heterocycles. The molecule has 0 bridgehead atoms. The van der Waals surface area contributed by atoms with Gasteiger partial charge in [-0.25, -0.2) is 0 Å². The van der Waals surface area contributed by atoms with Crippen LogP contribution < -0.4 is 5.32 Å². The van der Waals surface area contributed by atoms with Crippen molar-refractivity contribution in [2.24, 2.45) is 0 Å². The maximum Gasteiger partial charge on any atom is 0.243 e. The molecule has 0 heterocycles. The molecule has 1 aromatic carbocycles. The average molecular weight is 315 g/mol. The second-order valence-corrected chi connectivity index (χ2v) is 5.43. The molecule has 0 aliphatic heterocycles. The highest BCUT2D eigenvalue weighted by molar-refractivity contribution is 5.87. The van der Waals surface area contributed by atoms with Crippen LogP contribution in [0.3, 0.4) is 0 Å². The van der Waals surface area contributed by atoms with Crippen molar-refractivity contribution in [1.29, 1.82) is 0 Å². The number of unbranched alkanes of at least 4 members (excludes halogenated alkanes) is 2. The molecule has 1 aromatic rings. The zero-order valence-electron chi connectivity index (χ0n) is 13.6. The molecule has 4 heteroatoms. The third-order valence-corrected chi connectivity index (χ3v) is 3.33. The van der Waals surface area contributed by atoms with Gasteiger partial charge in [0.15, 0.2) is 5.78 Å². The van der Waals surface area contributed by atoms with E-state index in [2.05, 4.69) is 5.32 Å². The van der Waals surface area contributed by atoms with E-state index in [9.17, 15) is 9.59 Å². The predicted molar refractivity (Wildman–Crippen MR) is 92.9 cm³/mol. The number of nitrogens with one attached hydrogen (secondary N) is 1. The van der Waals surface area contributed by atoms with Crippen LogP contribution in [0.2, 0.25) is 0 Å². The first kappa shape index (κ1) is 18.8. The Bertz CT molecular complexity index is 544. The Hall–Kier alpha value is -2.20. The first-order chi connectivity index (χ1) is 11.1. The summed E-state index contributed by atoms with van der Waals surface area (Å²) in [5.74, 6) is -0.248. The van der Waals surface area contributed by atoms with E-state index in [4.69, 9.17) is 5.11 Å². The predicted octanol–water partition coefficient (Wildman–Crippen LogP) is 2.80. The van der Waals surface area contributed by atoms with Crippen molar-refractivity contribution >= 4 is 17.8 Å². The van der Waals surface area contributed by atoms with E-state index in [1.54, 1.807) is 6.08 Å². The largest absolute Gasteiger partial charge is 0.389 e. The van der Waals surface area contributed by atoms with Gasteiger partial charge < -0.3 is 10.4 Å². The third kappa shape index (κ3) is 9.42. The minimum atomic E-state index is -0.377. The summed E-state index contributed by atoms with van der Waals surface area (Å²) in [6.45, 7) is 2.26. The van der Waals surface area contributed by atoms with Gasteiger partial charge in [-0.05, 0) is 25.3 Å². The molecule has 124 valence electrons.